The van der Waals surface area contributed by atoms with Gasteiger partial charge in [0.05, 0.1) is 22.1 Å². The van der Waals surface area contributed by atoms with Gasteiger partial charge in [0, 0.05) is 43.9 Å². The van der Waals surface area contributed by atoms with Crippen molar-refractivity contribution in [1.82, 2.24) is 9.13 Å². The minimum Gasteiger partial charge on any atom is -0.461 e. The van der Waals surface area contributed by atoms with Gasteiger partial charge in [0.2, 0.25) is 0 Å². The molecule has 0 atom stereocenters. The van der Waals surface area contributed by atoms with E-state index in [0.29, 0.717) is 0 Å². The molecule has 0 bridgehead atoms. The van der Waals surface area contributed by atoms with E-state index in [-0.39, 0.29) is 0 Å². The van der Waals surface area contributed by atoms with Crippen molar-refractivity contribution in [3.63, 3.8) is 0 Å². The monoisotopic (exact) mass is 590 g/mol. The Balaban J connectivity index is 1.23. The van der Waals surface area contributed by atoms with Crippen molar-refractivity contribution in [2.24, 2.45) is 0 Å². The van der Waals surface area contributed by atoms with Crippen LogP contribution in [0.4, 0.5) is 0 Å². The van der Waals surface area contributed by atoms with Crippen LogP contribution in [0.1, 0.15) is 11.3 Å². The number of benzene rings is 6. The van der Waals surface area contributed by atoms with E-state index in [1.54, 1.807) is 6.08 Å². The van der Waals surface area contributed by atoms with Gasteiger partial charge in [0.1, 0.15) is 11.3 Å². The lowest BCUT2D eigenvalue weighted by Gasteiger charge is -2.09. The van der Waals surface area contributed by atoms with E-state index in [1.165, 1.54) is 60.4 Å². The summed E-state index contributed by atoms with van der Waals surface area (Å²) in [5.41, 5.74) is 11.4. The molecule has 0 N–H and O–H groups in total. The quantitative estimate of drug-likeness (QED) is 0.183. The predicted octanol–water partition coefficient (Wildman–Crippen LogP) is 11.8. The lowest BCUT2D eigenvalue weighted by Crippen LogP contribution is -1.93. The van der Waals surface area contributed by atoms with E-state index >= 15 is 0 Å². The van der Waals surface area contributed by atoms with Crippen molar-refractivity contribution >= 4 is 60.7 Å². The zero-order valence-electron chi connectivity index (χ0n) is 25.4. The van der Waals surface area contributed by atoms with Gasteiger partial charge in [0.25, 0.3) is 0 Å². The first kappa shape index (κ1) is 26.4. The zero-order chi connectivity index (χ0) is 30.8. The fraction of sp³-hybridized carbons (Fsp3) is 0.0233. The topological polar surface area (TPSA) is 23.0 Å². The summed E-state index contributed by atoms with van der Waals surface area (Å²) < 4.78 is 10.8. The maximum atomic E-state index is 6.10. The normalized spacial score (nSPS) is 12.0. The van der Waals surface area contributed by atoms with Crippen LogP contribution in [-0.4, -0.2) is 9.13 Å². The molecule has 218 valence electrons. The SMILES string of the molecule is C=C/C=C\c1c(C)oc2ccc(-n3c4ccccc4c4cc(-c5ccc6c(c5)c5ccccc5n6-c5ccccc5)ccc43)cc12. The second-order valence-corrected chi connectivity index (χ2v) is 11.9. The van der Waals surface area contributed by atoms with Gasteiger partial charge in [0.15, 0.2) is 0 Å². The molecule has 6 aromatic carbocycles. The molecular weight excluding hydrogens is 560 g/mol. The molecule has 9 rings (SSSR count). The van der Waals surface area contributed by atoms with Gasteiger partial charge in [-0.05, 0) is 84.8 Å². The standard InChI is InChI=1S/C43H30N2O/c1-3-4-14-33-28(2)46-43-24-21-32(27-38(33)43)45-40-18-11-9-16-35(40)37-26-30(20-23-42(37)45)29-19-22-41-36(25-29)34-15-8-10-17-39(34)44(41)31-12-6-5-7-13-31/h3-27H,1H2,2H3/b14-4-. The minimum atomic E-state index is 0.886. The summed E-state index contributed by atoms with van der Waals surface area (Å²) in [7, 11) is 0. The fourth-order valence-electron chi connectivity index (χ4n) is 7.18. The molecule has 3 nitrogen and oxygen atoms in total. The molecule has 0 radical (unpaired) electrons. The highest BCUT2D eigenvalue weighted by atomic mass is 16.3. The number of hydrogen-bond donors (Lipinski definition) is 0. The Labute approximate surface area is 266 Å². The largest absolute Gasteiger partial charge is 0.461 e. The lowest BCUT2D eigenvalue weighted by molar-refractivity contribution is 0.577. The van der Waals surface area contributed by atoms with Crippen molar-refractivity contribution in [3.05, 3.63) is 164 Å². The van der Waals surface area contributed by atoms with Crippen LogP contribution in [0.2, 0.25) is 0 Å². The summed E-state index contributed by atoms with van der Waals surface area (Å²) in [5, 5.41) is 6.07. The van der Waals surface area contributed by atoms with Crippen molar-refractivity contribution < 1.29 is 4.42 Å². The Kier molecular flexibility index (Phi) is 5.87. The fourth-order valence-corrected chi connectivity index (χ4v) is 7.18. The Morgan fingerprint density at radius 1 is 0.522 bits per heavy atom. The number of allylic oxidation sites excluding steroid dienone is 2. The van der Waals surface area contributed by atoms with E-state index in [2.05, 4.69) is 155 Å². The first-order valence-corrected chi connectivity index (χ1v) is 15.6. The third kappa shape index (κ3) is 3.92. The molecule has 0 unspecified atom stereocenters. The maximum absolute atomic E-state index is 6.10. The number of para-hydroxylation sites is 3. The number of hydrogen-bond acceptors (Lipinski definition) is 1. The number of nitrogens with zero attached hydrogens (tertiary/aromatic N) is 2. The van der Waals surface area contributed by atoms with Crippen LogP contribution in [0.15, 0.2) is 157 Å². The lowest BCUT2D eigenvalue weighted by atomic mass is 10.0. The highest BCUT2D eigenvalue weighted by Gasteiger charge is 2.17. The third-order valence-electron chi connectivity index (χ3n) is 9.25. The number of furan rings is 1. The summed E-state index contributed by atoms with van der Waals surface area (Å²) >= 11 is 0. The first-order valence-electron chi connectivity index (χ1n) is 15.6. The molecule has 0 aliphatic rings. The highest BCUT2D eigenvalue weighted by Crippen LogP contribution is 2.39. The van der Waals surface area contributed by atoms with Crippen molar-refractivity contribution in [1.29, 1.82) is 0 Å². The first-order chi connectivity index (χ1) is 22.7. The van der Waals surface area contributed by atoms with Crippen LogP contribution in [0, 0.1) is 6.92 Å². The van der Waals surface area contributed by atoms with E-state index in [0.717, 1.165) is 28.0 Å². The maximum Gasteiger partial charge on any atom is 0.135 e. The van der Waals surface area contributed by atoms with Gasteiger partial charge in [-0.3, -0.25) is 0 Å². The molecule has 0 aliphatic heterocycles. The van der Waals surface area contributed by atoms with E-state index < -0.39 is 0 Å². The van der Waals surface area contributed by atoms with Crippen LogP contribution >= 0.6 is 0 Å². The molecule has 3 aromatic heterocycles. The van der Waals surface area contributed by atoms with Crippen molar-refractivity contribution in [3.8, 4) is 22.5 Å². The molecule has 0 aliphatic carbocycles. The second-order valence-electron chi connectivity index (χ2n) is 11.9. The second kappa shape index (κ2) is 10.3. The molecule has 0 saturated heterocycles. The van der Waals surface area contributed by atoms with E-state index in [1.807, 2.05) is 13.0 Å². The van der Waals surface area contributed by atoms with Gasteiger partial charge in [-0.25, -0.2) is 0 Å². The van der Waals surface area contributed by atoms with Crippen LogP contribution in [-0.2, 0) is 0 Å². The predicted molar refractivity (Wildman–Crippen MR) is 194 cm³/mol. The smallest absolute Gasteiger partial charge is 0.135 e. The van der Waals surface area contributed by atoms with Crippen LogP contribution in [0.25, 0.3) is 83.2 Å². The van der Waals surface area contributed by atoms with Crippen LogP contribution in [0.5, 0.6) is 0 Å². The van der Waals surface area contributed by atoms with E-state index in [9.17, 15) is 0 Å². The van der Waals surface area contributed by atoms with Crippen LogP contribution in [0.3, 0.4) is 0 Å². The minimum absolute atomic E-state index is 0.886. The Morgan fingerprint density at radius 2 is 1.09 bits per heavy atom. The molecular formula is C43H30N2O. The molecule has 46 heavy (non-hydrogen) atoms. The summed E-state index contributed by atoms with van der Waals surface area (Å²) in [6.45, 7) is 5.86. The Morgan fingerprint density at radius 3 is 1.72 bits per heavy atom. The summed E-state index contributed by atoms with van der Waals surface area (Å²) in [6.07, 6.45) is 5.83. The molecule has 0 fully saturated rings. The average molecular weight is 591 g/mol. The molecule has 0 spiro atoms. The van der Waals surface area contributed by atoms with Gasteiger partial charge in [-0.15, -0.1) is 0 Å². The average Bonchev–Trinajstić information content (AvgIpc) is 3.73. The Bertz CT molecular complexity index is 2660. The summed E-state index contributed by atoms with van der Waals surface area (Å²) in [6, 6.07) is 48.2. The van der Waals surface area contributed by atoms with E-state index in [4.69, 9.17) is 4.42 Å². The van der Waals surface area contributed by atoms with Crippen molar-refractivity contribution in [2.45, 2.75) is 6.92 Å². The van der Waals surface area contributed by atoms with Gasteiger partial charge in [-0.1, -0.05) is 91.5 Å². The molecule has 0 saturated carbocycles. The summed E-state index contributed by atoms with van der Waals surface area (Å²) in [4.78, 5) is 0. The van der Waals surface area contributed by atoms with Gasteiger partial charge >= 0.3 is 0 Å². The Hall–Kier alpha value is -6.06. The molecule has 3 heteroatoms. The highest BCUT2D eigenvalue weighted by molar-refractivity contribution is 6.12. The zero-order valence-corrected chi connectivity index (χ0v) is 25.4. The molecule has 0 amide bonds. The number of aryl methyl sites for hydroxylation is 1. The van der Waals surface area contributed by atoms with Gasteiger partial charge in [-0.2, -0.15) is 0 Å². The number of aromatic nitrogens is 2. The van der Waals surface area contributed by atoms with Gasteiger partial charge < -0.3 is 13.6 Å². The molecule has 3 heterocycles. The summed E-state index contributed by atoms with van der Waals surface area (Å²) in [5.74, 6) is 0.904. The number of rotatable bonds is 5. The van der Waals surface area contributed by atoms with Crippen molar-refractivity contribution in [2.75, 3.05) is 0 Å². The number of fused-ring (bicyclic) bond motifs is 7. The van der Waals surface area contributed by atoms with Crippen LogP contribution < -0.4 is 0 Å². The molecule has 9 aromatic rings. The third-order valence-corrected chi connectivity index (χ3v) is 9.25.